The fraction of sp³-hybridized carbons (Fsp3) is 0.222. The number of aliphatic hydroxyl groups excluding tert-OH is 1. The molecule has 0 bridgehead atoms. The number of fused-ring (bicyclic) bond motifs is 1. The van der Waals surface area contributed by atoms with Crippen LogP contribution in [0.15, 0.2) is 40.1 Å². The summed E-state index contributed by atoms with van der Waals surface area (Å²) < 4.78 is 54.0. The van der Waals surface area contributed by atoms with Gasteiger partial charge in [-0.2, -0.15) is 5.21 Å². The first-order chi connectivity index (χ1) is 16.6. The standard InChI is InChI=1S/C18H22N10O5S2/c19-6-10(8-29)26-35(32,33)14-4-2-11(9-1-3-12-13(5-9)23-15(7-20)22-12)16(17(14)34(21,30)31)18-24-27-28-25-18/h1-5,10,26,29H,6-8,19-20H2,(H,22,23)(H2,21,30,31)(H,24,25,27,28)/t10-/m0/s1. The van der Waals surface area contributed by atoms with Crippen molar-refractivity contribution in [2.24, 2.45) is 16.6 Å². The van der Waals surface area contributed by atoms with E-state index in [-0.39, 0.29) is 30.0 Å². The number of hydrogen-bond donors (Lipinski definition) is 7. The van der Waals surface area contributed by atoms with Gasteiger partial charge in [-0.3, -0.25) is 0 Å². The summed E-state index contributed by atoms with van der Waals surface area (Å²) in [6.07, 6.45) is 0. The number of H-pyrrole nitrogens is 2. The third-order valence-electron chi connectivity index (χ3n) is 5.13. The lowest BCUT2D eigenvalue weighted by atomic mass is 9.98. The zero-order valence-electron chi connectivity index (χ0n) is 18.0. The van der Waals surface area contributed by atoms with Crippen molar-refractivity contribution < 1.29 is 21.9 Å². The van der Waals surface area contributed by atoms with Crippen molar-refractivity contribution in [3.63, 3.8) is 0 Å². The van der Waals surface area contributed by atoms with Crippen molar-refractivity contribution in [3.8, 4) is 22.5 Å². The number of primary sulfonamides is 1. The highest BCUT2D eigenvalue weighted by atomic mass is 32.2. The number of nitrogens with two attached hydrogens (primary N) is 3. The first-order valence-corrected chi connectivity index (χ1v) is 13.1. The fourth-order valence-electron chi connectivity index (χ4n) is 3.55. The molecule has 1 atom stereocenters. The predicted octanol–water partition coefficient (Wildman–Crippen LogP) is -1.89. The van der Waals surface area contributed by atoms with Crippen LogP contribution >= 0.6 is 0 Å². The van der Waals surface area contributed by atoms with E-state index in [2.05, 4.69) is 35.3 Å². The molecule has 186 valence electrons. The van der Waals surface area contributed by atoms with Gasteiger partial charge in [0.2, 0.25) is 25.9 Å². The molecule has 4 aromatic rings. The van der Waals surface area contributed by atoms with Gasteiger partial charge in [0.15, 0.2) is 0 Å². The van der Waals surface area contributed by atoms with Crippen molar-refractivity contribution in [3.05, 3.63) is 36.2 Å². The van der Waals surface area contributed by atoms with E-state index in [1.807, 2.05) is 0 Å². The number of sulfonamides is 2. The van der Waals surface area contributed by atoms with Crippen molar-refractivity contribution in [1.82, 2.24) is 35.3 Å². The molecule has 0 unspecified atom stereocenters. The molecule has 2 heterocycles. The van der Waals surface area contributed by atoms with Gasteiger partial charge < -0.3 is 21.6 Å². The molecule has 0 amide bonds. The lowest BCUT2D eigenvalue weighted by Gasteiger charge is -2.19. The van der Waals surface area contributed by atoms with Crippen LogP contribution in [0.3, 0.4) is 0 Å². The van der Waals surface area contributed by atoms with Crippen molar-refractivity contribution in [2.75, 3.05) is 13.2 Å². The summed E-state index contributed by atoms with van der Waals surface area (Å²) in [5.74, 6) is 0.343. The summed E-state index contributed by atoms with van der Waals surface area (Å²) in [6, 6.07) is 6.48. The van der Waals surface area contributed by atoms with Gasteiger partial charge in [-0.1, -0.05) is 12.1 Å². The largest absolute Gasteiger partial charge is 0.395 e. The number of hydrogen-bond acceptors (Lipinski definition) is 11. The van der Waals surface area contributed by atoms with Gasteiger partial charge in [-0.25, -0.2) is 31.7 Å². The van der Waals surface area contributed by atoms with Crippen LogP contribution in [0.4, 0.5) is 0 Å². The van der Waals surface area contributed by atoms with Crippen molar-refractivity contribution >= 4 is 31.1 Å². The van der Waals surface area contributed by atoms with Gasteiger partial charge >= 0.3 is 0 Å². The number of aromatic amines is 2. The molecule has 4 rings (SSSR count). The van der Waals surface area contributed by atoms with Crippen LogP contribution in [0.2, 0.25) is 0 Å². The summed E-state index contributed by atoms with van der Waals surface area (Å²) in [5, 5.41) is 28.3. The number of tetrazole rings is 1. The number of imidazole rings is 1. The zero-order chi connectivity index (χ0) is 25.4. The molecule has 0 aliphatic heterocycles. The predicted molar refractivity (Wildman–Crippen MR) is 124 cm³/mol. The lowest BCUT2D eigenvalue weighted by molar-refractivity contribution is 0.259. The highest BCUT2D eigenvalue weighted by molar-refractivity contribution is 7.92. The molecular weight excluding hydrogens is 500 g/mol. The molecule has 0 spiro atoms. The number of rotatable bonds is 9. The Kier molecular flexibility index (Phi) is 6.64. The Morgan fingerprint density at radius 1 is 1.11 bits per heavy atom. The van der Waals surface area contributed by atoms with Crippen LogP contribution in [0.5, 0.6) is 0 Å². The number of nitrogens with zero attached hydrogens (tertiary/aromatic N) is 4. The van der Waals surface area contributed by atoms with Crippen LogP contribution in [0, 0.1) is 0 Å². The van der Waals surface area contributed by atoms with Gasteiger partial charge in [0, 0.05) is 6.54 Å². The minimum Gasteiger partial charge on any atom is -0.395 e. The summed E-state index contributed by atoms with van der Waals surface area (Å²) in [5.41, 5.74) is 12.9. The maximum atomic E-state index is 13.1. The van der Waals surface area contributed by atoms with E-state index in [4.69, 9.17) is 16.6 Å². The minimum absolute atomic E-state index is 0.185. The van der Waals surface area contributed by atoms with E-state index < -0.39 is 42.5 Å². The van der Waals surface area contributed by atoms with E-state index in [1.165, 1.54) is 6.07 Å². The number of aromatic nitrogens is 6. The minimum atomic E-state index is -4.67. The highest BCUT2D eigenvalue weighted by Gasteiger charge is 2.33. The van der Waals surface area contributed by atoms with E-state index >= 15 is 0 Å². The smallest absolute Gasteiger partial charge is 0.242 e. The Morgan fingerprint density at radius 3 is 2.49 bits per heavy atom. The number of nitrogens with one attached hydrogen (secondary N) is 3. The Morgan fingerprint density at radius 2 is 1.89 bits per heavy atom. The molecule has 0 aliphatic rings. The van der Waals surface area contributed by atoms with E-state index in [0.29, 0.717) is 22.4 Å². The second-order valence-electron chi connectivity index (χ2n) is 7.45. The molecular formula is C18H22N10O5S2. The van der Waals surface area contributed by atoms with Gasteiger partial charge in [0.1, 0.15) is 15.6 Å². The van der Waals surface area contributed by atoms with Gasteiger partial charge in [0.05, 0.1) is 35.8 Å². The maximum absolute atomic E-state index is 13.1. The molecule has 0 saturated carbocycles. The van der Waals surface area contributed by atoms with Crippen LogP contribution in [-0.4, -0.2) is 71.7 Å². The Balaban J connectivity index is 2.03. The Labute approximate surface area is 199 Å². The molecule has 0 radical (unpaired) electrons. The Bertz CT molecular complexity index is 1580. The number of benzene rings is 2. The van der Waals surface area contributed by atoms with E-state index in [9.17, 15) is 21.9 Å². The van der Waals surface area contributed by atoms with Crippen molar-refractivity contribution in [1.29, 1.82) is 0 Å². The summed E-state index contributed by atoms with van der Waals surface area (Å²) in [4.78, 5) is 6.01. The second kappa shape index (κ2) is 9.38. The first kappa shape index (κ1) is 24.8. The van der Waals surface area contributed by atoms with Crippen molar-refractivity contribution in [2.45, 2.75) is 22.4 Å². The SMILES string of the molecule is NCc1nc2cc(-c3ccc(S(=O)(=O)N[C@@H](CN)CO)c(S(N)(=O)=O)c3-c3nn[nH]n3)ccc2[nH]1. The summed E-state index contributed by atoms with van der Waals surface area (Å²) in [7, 11) is -9.18. The Hall–Kier alpha value is -3.32. The maximum Gasteiger partial charge on any atom is 0.242 e. The molecule has 0 aliphatic carbocycles. The van der Waals surface area contributed by atoms with Crippen LogP contribution in [-0.2, 0) is 26.6 Å². The third-order valence-corrected chi connectivity index (χ3v) is 7.81. The van der Waals surface area contributed by atoms with Crippen LogP contribution in [0.1, 0.15) is 5.82 Å². The summed E-state index contributed by atoms with van der Waals surface area (Å²) in [6.45, 7) is -0.653. The molecule has 15 nitrogen and oxygen atoms in total. The molecule has 0 fully saturated rings. The lowest BCUT2D eigenvalue weighted by Crippen LogP contribution is -2.43. The average molecular weight is 523 g/mol. The normalized spacial score (nSPS) is 13.4. The van der Waals surface area contributed by atoms with Gasteiger partial charge in [-0.05, 0) is 34.5 Å². The molecule has 0 saturated heterocycles. The van der Waals surface area contributed by atoms with Gasteiger partial charge in [-0.15, -0.1) is 10.2 Å². The summed E-state index contributed by atoms with van der Waals surface area (Å²) >= 11 is 0. The molecule has 10 N–H and O–H groups in total. The molecule has 2 aromatic heterocycles. The molecule has 35 heavy (non-hydrogen) atoms. The highest BCUT2D eigenvalue weighted by Crippen LogP contribution is 2.39. The number of aliphatic hydroxyl groups is 1. The molecule has 2 aromatic carbocycles. The van der Waals surface area contributed by atoms with Crippen LogP contribution in [0.25, 0.3) is 33.5 Å². The fourth-order valence-corrected chi connectivity index (χ4v) is 6.40. The van der Waals surface area contributed by atoms with Gasteiger partial charge in [0.25, 0.3) is 0 Å². The second-order valence-corrected chi connectivity index (χ2v) is 10.6. The van der Waals surface area contributed by atoms with E-state index in [0.717, 1.165) is 6.07 Å². The topological polar surface area (TPSA) is 262 Å². The molecule has 17 heteroatoms. The zero-order valence-corrected chi connectivity index (χ0v) is 19.6. The first-order valence-electron chi connectivity index (χ1n) is 10.0. The quantitative estimate of drug-likeness (QED) is 0.128. The van der Waals surface area contributed by atoms with Crippen LogP contribution < -0.4 is 21.3 Å². The monoisotopic (exact) mass is 522 g/mol. The average Bonchev–Trinajstić information content (AvgIpc) is 3.50. The third kappa shape index (κ3) is 4.78. The van der Waals surface area contributed by atoms with E-state index in [1.54, 1.807) is 18.2 Å².